The van der Waals surface area contributed by atoms with Gasteiger partial charge in [-0.1, -0.05) is 29.3 Å². The summed E-state index contributed by atoms with van der Waals surface area (Å²) in [6.45, 7) is 4.14. The summed E-state index contributed by atoms with van der Waals surface area (Å²) in [6.07, 6.45) is 0. The van der Waals surface area contributed by atoms with Crippen molar-refractivity contribution >= 4 is 46.6 Å². The number of carbonyl (C=O) groups is 3. The number of hydrogen-bond donors (Lipinski definition) is 1. The SMILES string of the molecule is CC(=O)N1CCN(CC(=O)N(C)CC(=O)Nc2c(Cl)cccc2Cl)CC1. The third-order valence-electron chi connectivity index (χ3n) is 4.21. The Morgan fingerprint density at radius 1 is 1.12 bits per heavy atom. The molecular weight excluding hydrogens is 379 g/mol. The molecule has 0 unspecified atom stereocenters. The van der Waals surface area contributed by atoms with Crippen molar-refractivity contribution in [2.75, 3.05) is 51.6 Å². The quantitative estimate of drug-likeness (QED) is 0.813. The Morgan fingerprint density at radius 3 is 2.23 bits per heavy atom. The van der Waals surface area contributed by atoms with Crippen molar-refractivity contribution < 1.29 is 14.4 Å². The highest BCUT2D eigenvalue weighted by Gasteiger charge is 2.22. The number of benzene rings is 1. The Balaban J connectivity index is 1.81. The predicted molar refractivity (Wildman–Crippen MR) is 101 cm³/mol. The minimum atomic E-state index is -0.378. The van der Waals surface area contributed by atoms with E-state index in [1.54, 1.807) is 37.1 Å². The average molecular weight is 401 g/mol. The fraction of sp³-hybridized carbons (Fsp3) is 0.471. The van der Waals surface area contributed by atoms with Crippen molar-refractivity contribution in [1.29, 1.82) is 0 Å². The fourth-order valence-corrected chi connectivity index (χ4v) is 3.12. The van der Waals surface area contributed by atoms with E-state index in [9.17, 15) is 14.4 Å². The Morgan fingerprint density at radius 2 is 1.69 bits per heavy atom. The van der Waals surface area contributed by atoms with Gasteiger partial charge in [0.2, 0.25) is 17.7 Å². The minimum absolute atomic E-state index is 0.0444. The summed E-state index contributed by atoms with van der Waals surface area (Å²) in [5.41, 5.74) is 0.335. The second kappa shape index (κ2) is 9.21. The zero-order chi connectivity index (χ0) is 19.3. The smallest absolute Gasteiger partial charge is 0.244 e. The second-order valence-electron chi connectivity index (χ2n) is 6.18. The molecular formula is C17H22Cl2N4O3. The number of rotatable bonds is 5. The minimum Gasteiger partial charge on any atom is -0.340 e. The molecule has 1 N–H and O–H groups in total. The van der Waals surface area contributed by atoms with Gasteiger partial charge in [-0.3, -0.25) is 19.3 Å². The van der Waals surface area contributed by atoms with Gasteiger partial charge in [0.25, 0.3) is 0 Å². The number of nitrogens with zero attached hydrogens (tertiary/aromatic N) is 3. The maximum absolute atomic E-state index is 12.3. The van der Waals surface area contributed by atoms with Gasteiger partial charge in [0.1, 0.15) is 0 Å². The second-order valence-corrected chi connectivity index (χ2v) is 6.99. The number of amides is 3. The van der Waals surface area contributed by atoms with Gasteiger partial charge in [-0.2, -0.15) is 0 Å². The first-order chi connectivity index (χ1) is 12.3. The van der Waals surface area contributed by atoms with E-state index in [1.807, 2.05) is 4.90 Å². The van der Waals surface area contributed by atoms with E-state index in [-0.39, 0.29) is 30.8 Å². The Labute approximate surface area is 162 Å². The summed E-state index contributed by atoms with van der Waals surface area (Å²) in [6, 6.07) is 4.93. The van der Waals surface area contributed by atoms with Gasteiger partial charge < -0.3 is 15.1 Å². The van der Waals surface area contributed by atoms with Gasteiger partial charge >= 0.3 is 0 Å². The van der Waals surface area contributed by atoms with Crippen LogP contribution in [0.3, 0.4) is 0 Å². The number of likely N-dealkylation sites (N-methyl/N-ethyl adjacent to an activating group) is 1. The van der Waals surface area contributed by atoms with Crippen LogP contribution < -0.4 is 5.32 Å². The van der Waals surface area contributed by atoms with Crippen LogP contribution in [0.4, 0.5) is 5.69 Å². The fourth-order valence-electron chi connectivity index (χ4n) is 2.63. The number of nitrogens with one attached hydrogen (secondary N) is 1. The number of carbonyl (C=O) groups excluding carboxylic acids is 3. The van der Waals surface area contributed by atoms with Gasteiger partial charge in [-0.15, -0.1) is 0 Å². The molecule has 1 fully saturated rings. The largest absolute Gasteiger partial charge is 0.340 e. The van der Waals surface area contributed by atoms with E-state index in [2.05, 4.69) is 5.32 Å². The van der Waals surface area contributed by atoms with Crippen molar-refractivity contribution in [3.05, 3.63) is 28.2 Å². The first kappa shape index (κ1) is 20.5. The van der Waals surface area contributed by atoms with Gasteiger partial charge in [0.05, 0.1) is 28.8 Å². The molecule has 0 bridgehead atoms. The number of para-hydroxylation sites is 1. The summed E-state index contributed by atoms with van der Waals surface area (Å²) >= 11 is 12.0. The molecule has 0 atom stereocenters. The van der Waals surface area contributed by atoms with Crippen LogP contribution in [0.5, 0.6) is 0 Å². The molecule has 1 aliphatic rings. The summed E-state index contributed by atoms with van der Waals surface area (Å²) in [7, 11) is 1.57. The van der Waals surface area contributed by atoms with E-state index in [4.69, 9.17) is 23.2 Å². The van der Waals surface area contributed by atoms with Crippen LogP contribution in [0.2, 0.25) is 10.0 Å². The normalized spacial score (nSPS) is 14.8. The van der Waals surface area contributed by atoms with Crippen molar-refractivity contribution in [2.45, 2.75) is 6.92 Å². The van der Waals surface area contributed by atoms with E-state index in [1.165, 1.54) is 4.90 Å². The number of hydrogen-bond acceptors (Lipinski definition) is 4. The maximum atomic E-state index is 12.3. The third-order valence-corrected chi connectivity index (χ3v) is 4.84. The Bertz CT molecular complexity index is 670. The molecule has 0 radical (unpaired) electrons. The summed E-state index contributed by atoms with van der Waals surface area (Å²) in [4.78, 5) is 40.9. The average Bonchev–Trinajstić information content (AvgIpc) is 2.58. The van der Waals surface area contributed by atoms with Crippen molar-refractivity contribution in [2.24, 2.45) is 0 Å². The van der Waals surface area contributed by atoms with Crippen LogP contribution >= 0.6 is 23.2 Å². The molecule has 7 nitrogen and oxygen atoms in total. The number of anilines is 1. The highest BCUT2D eigenvalue weighted by Crippen LogP contribution is 2.29. The van der Waals surface area contributed by atoms with Gasteiger partial charge in [0, 0.05) is 40.2 Å². The van der Waals surface area contributed by atoms with Crippen molar-refractivity contribution in [1.82, 2.24) is 14.7 Å². The molecule has 1 heterocycles. The monoisotopic (exact) mass is 400 g/mol. The van der Waals surface area contributed by atoms with Gasteiger partial charge in [-0.25, -0.2) is 0 Å². The Hall–Kier alpha value is -1.83. The summed E-state index contributed by atoms with van der Waals surface area (Å²) in [5, 5.41) is 3.30. The molecule has 0 saturated carbocycles. The number of halogens is 2. The zero-order valence-corrected chi connectivity index (χ0v) is 16.3. The molecule has 1 aromatic carbocycles. The van der Waals surface area contributed by atoms with Crippen LogP contribution in [0.1, 0.15) is 6.92 Å². The van der Waals surface area contributed by atoms with Crippen molar-refractivity contribution in [3.8, 4) is 0 Å². The molecule has 2 rings (SSSR count). The molecule has 0 spiro atoms. The van der Waals surface area contributed by atoms with E-state index in [0.717, 1.165) is 0 Å². The lowest BCUT2D eigenvalue weighted by Gasteiger charge is -2.34. The summed E-state index contributed by atoms with van der Waals surface area (Å²) in [5.74, 6) is -0.498. The van der Waals surface area contributed by atoms with Gasteiger partial charge in [0.15, 0.2) is 0 Å². The van der Waals surface area contributed by atoms with Crippen LogP contribution in [0, 0.1) is 0 Å². The van der Waals surface area contributed by atoms with E-state index >= 15 is 0 Å². The van der Waals surface area contributed by atoms with Crippen LogP contribution in [-0.4, -0.2) is 78.7 Å². The molecule has 0 aliphatic carbocycles. The van der Waals surface area contributed by atoms with Crippen LogP contribution in [-0.2, 0) is 14.4 Å². The van der Waals surface area contributed by atoms with Crippen molar-refractivity contribution in [3.63, 3.8) is 0 Å². The van der Waals surface area contributed by atoms with Crippen LogP contribution in [0.25, 0.3) is 0 Å². The lowest BCUT2D eigenvalue weighted by Crippen LogP contribution is -2.51. The molecule has 3 amide bonds. The Kier molecular flexibility index (Phi) is 7.25. The lowest BCUT2D eigenvalue weighted by atomic mass is 10.3. The molecule has 9 heteroatoms. The third kappa shape index (κ3) is 5.59. The van der Waals surface area contributed by atoms with Crippen LogP contribution in [0.15, 0.2) is 18.2 Å². The molecule has 142 valence electrons. The molecule has 1 aromatic rings. The summed E-state index contributed by atoms with van der Waals surface area (Å²) < 4.78 is 0. The maximum Gasteiger partial charge on any atom is 0.244 e. The predicted octanol–water partition coefficient (Wildman–Crippen LogP) is 1.55. The molecule has 1 aliphatic heterocycles. The highest BCUT2D eigenvalue weighted by atomic mass is 35.5. The van der Waals surface area contributed by atoms with E-state index < -0.39 is 0 Å². The molecule has 0 aromatic heterocycles. The van der Waals surface area contributed by atoms with E-state index in [0.29, 0.717) is 41.9 Å². The highest BCUT2D eigenvalue weighted by molar-refractivity contribution is 6.39. The molecule has 1 saturated heterocycles. The first-order valence-corrected chi connectivity index (χ1v) is 8.99. The molecule has 26 heavy (non-hydrogen) atoms. The number of piperazine rings is 1. The lowest BCUT2D eigenvalue weighted by molar-refractivity contribution is -0.135. The zero-order valence-electron chi connectivity index (χ0n) is 14.8. The topological polar surface area (TPSA) is 73.0 Å². The standard InChI is InChI=1S/C17H22Cl2N4O3/c1-12(24)23-8-6-22(7-9-23)11-16(26)21(2)10-15(25)20-17-13(18)4-3-5-14(17)19/h3-5H,6-11H2,1-2H3,(H,20,25). The van der Waals surface area contributed by atoms with Gasteiger partial charge in [-0.05, 0) is 12.1 Å². The first-order valence-electron chi connectivity index (χ1n) is 8.23.